The quantitative estimate of drug-likeness (QED) is 0.760. The highest BCUT2D eigenvalue weighted by atomic mass is 19.4. The zero-order valence-electron chi connectivity index (χ0n) is 12.6. The molecule has 0 aliphatic rings. The van der Waals surface area contributed by atoms with Gasteiger partial charge >= 0.3 is 18.2 Å². The second-order valence-electron chi connectivity index (χ2n) is 4.38. The molecule has 1 aromatic carbocycles. The number of alkyl halides is 3. The number of carbonyl (C=O) groups is 3. The first-order valence-corrected chi connectivity index (χ1v) is 6.75. The summed E-state index contributed by atoms with van der Waals surface area (Å²) in [5.74, 6) is -2.00. The van der Waals surface area contributed by atoms with E-state index < -0.39 is 42.9 Å². The number of imide groups is 1. The van der Waals surface area contributed by atoms with Crippen LogP contribution in [0.5, 0.6) is 5.75 Å². The minimum absolute atomic E-state index is 0.173. The summed E-state index contributed by atoms with van der Waals surface area (Å²) >= 11 is 0. The van der Waals surface area contributed by atoms with Gasteiger partial charge in [0.15, 0.2) is 13.2 Å². The van der Waals surface area contributed by atoms with Gasteiger partial charge in [0, 0.05) is 6.54 Å². The summed E-state index contributed by atoms with van der Waals surface area (Å²) in [6.07, 6.45) is -4.53. The van der Waals surface area contributed by atoms with Gasteiger partial charge < -0.3 is 14.8 Å². The summed E-state index contributed by atoms with van der Waals surface area (Å²) in [5, 5.41) is 4.20. The van der Waals surface area contributed by atoms with Crippen molar-refractivity contribution < 1.29 is 37.0 Å². The minimum atomic E-state index is -4.53. The number of hydrogen-bond donors (Lipinski definition) is 2. The van der Waals surface area contributed by atoms with Crippen molar-refractivity contribution in [2.75, 3.05) is 19.8 Å². The SMILES string of the molecule is CCNC(=O)NC(=O)COC(=O)COc1cccc(C(F)(F)F)c1. The van der Waals surface area contributed by atoms with Gasteiger partial charge in [0.1, 0.15) is 5.75 Å². The average Bonchev–Trinajstić information content (AvgIpc) is 2.50. The van der Waals surface area contributed by atoms with E-state index in [0.717, 1.165) is 18.2 Å². The first kappa shape index (κ1) is 19.3. The number of amides is 3. The molecule has 0 aromatic heterocycles. The number of rotatable bonds is 6. The monoisotopic (exact) mass is 348 g/mol. The normalized spacial score (nSPS) is 10.7. The first-order chi connectivity index (χ1) is 11.2. The lowest BCUT2D eigenvalue weighted by Crippen LogP contribution is -2.41. The van der Waals surface area contributed by atoms with Crippen LogP contribution in [0.4, 0.5) is 18.0 Å². The topological polar surface area (TPSA) is 93.7 Å². The summed E-state index contributed by atoms with van der Waals surface area (Å²) in [7, 11) is 0. The number of halogens is 3. The Balaban J connectivity index is 2.39. The maximum Gasteiger partial charge on any atom is 0.416 e. The number of nitrogens with one attached hydrogen (secondary N) is 2. The Hall–Kier alpha value is -2.78. The maximum absolute atomic E-state index is 12.5. The summed E-state index contributed by atoms with van der Waals surface area (Å²) in [6.45, 7) is 0.552. The molecule has 7 nitrogen and oxygen atoms in total. The third-order valence-corrected chi connectivity index (χ3v) is 2.47. The van der Waals surface area contributed by atoms with Crippen molar-refractivity contribution in [3.63, 3.8) is 0 Å². The average molecular weight is 348 g/mol. The van der Waals surface area contributed by atoms with Gasteiger partial charge in [-0.15, -0.1) is 0 Å². The largest absolute Gasteiger partial charge is 0.482 e. The Morgan fingerprint density at radius 2 is 1.88 bits per heavy atom. The molecule has 0 saturated heterocycles. The second-order valence-corrected chi connectivity index (χ2v) is 4.38. The van der Waals surface area contributed by atoms with Crippen LogP contribution >= 0.6 is 0 Å². The smallest absolute Gasteiger partial charge is 0.416 e. The number of ether oxygens (including phenoxy) is 2. The van der Waals surface area contributed by atoms with Crippen molar-refractivity contribution in [1.29, 1.82) is 0 Å². The van der Waals surface area contributed by atoms with Gasteiger partial charge in [-0.2, -0.15) is 13.2 Å². The maximum atomic E-state index is 12.5. The van der Waals surface area contributed by atoms with Crippen LogP contribution in [-0.2, 0) is 20.5 Å². The lowest BCUT2D eigenvalue weighted by molar-refractivity contribution is -0.150. The van der Waals surface area contributed by atoms with Crippen LogP contribution in [0.3, 0.4) is 0 Å². The summed E-state index contributed by atoms with van der Waals surface area (Å²) in [4.78, 5) is 33.6. The van der Waals surface area contributed by atoms with E-state index in [1.54, 1.807) is 6.92 Å². The van der Waals surface area contributed by atoms with Crippen molar-refractivity contribution in [3.05, 3.63) is 29.8 Å². The summed E-state index contributed by atoms with van der Waals surface area (Å²) < 4.78 is 46.9. The molecule has 2 N–H and O–H groups in total. The molecule has 24 heavy (non-hydrogen) atoms. The highest BCUT2D eigenvalue weighted by Crippen LogP contribution is 2.31. The van der Waals surface area contributed by atoms with E-state index >= 15 is 0 Å². The number of carbonyl (C=O) groups excluding carboxylic acids is 3. The zero-order chi connectivity index (χ0) is 18.2. The molecule has 3 amide bonds. The molecule has 0 bridgehead atoms. The van der Waals surface area contributed by atoms with E-state index in [1.807, 2.05) is 5.32 Å². The van der Waals surface area contributed by atoms with Crippen molar-refractivity contribution >= 4 is 17.9 Å². The molecule has 0 unspecified atom stereocenters. The Bertz CT molecular complexity index is 604. The van der Waals surface area contributed by atoms with Gasteiger partial charge in [-0.05, 0) is 25.1 Å². The van der Waals surface area contributed by atoms with Crippen molar-refractivity contribution in [1.82, 2.24) is 10.6 Å². The Kier molecular flexibility index (Phi) is 7.02. The van der Waals surface area contributed by atoms with Crippen LogP contribution in [0.25, 0.3) is 0 Å². The summed E-state index contributed by atoms with van der Waals surface area (Å²) in [5.41, 5.74) is -0.922. The van der Waals surface area contributed by atoms with Crippen molar-refractivity contribution in [2.24, 2.45) is 0 Å². The van der Waals surface area contributed by atoms with Crippen molar-refractivity contribution in [3.8, 4) is 5.75 Å². The van der Waals surface area contributed by atoms with Crippen molar-refractivity contribution in [2.45, 2.75) is 13.1 Å². The number of urea groups is 1. The molecule has 0 fully saturated rings. The molecule has 0 heterocycles. The molecule has 0 radical (unpaired) electrons. The van der Waals surface area contributed by atoms with E-state index in [4.69, 9.17) is 4.74 Å². The second kappa shape index (κ2) is 8.75. The molecular formula is C14H15F3N2O5. The molecule has 0 spiro atoms. The fraction of sp³-hybridized carbons (Fsp3) is 0.357. The highest BCUT2D eigenvalue weighted by molar-refractivity contribution is 5.95. The van der Waals surface area contributed by atoms with E-state index in [-0.39, 0.29) is 5.75 Å². The first-order valence-electron chi connectivity index (χ1n) is 6.75. The third-order valence-electron chi connectivity index (χ3n) is 2.47. The van der Waals surface area contributed by atoms with Crippen LogP contribution < -0.4 is 15.4 Å². The fourth-order valence-corrected chi connectivity index (χ4v) is 1.46. The lowest BCUT2D eigenvalue weighted by Gasteiger charge is -2.10. The van der Waals surface area contributed by atoms with Gasteiger partial charge in [-0.25, -0.2) is 9.59 Å². The number of benzene rings is 1. The lowest BCUT2D eigenvalue weighted by atomic mass is 10.2. The molecule has 0 atom stereocenters. The van der Waals surface area contributed by atoms with E-state index in [9.17, 15) is 27.6 Å². The molecule has 0 aliphatic carbocycles. The van der Waals surface area contributed by atoms with Crippen LogP contribution in [0.1, 0.15) is 12.5 Å². The highest BCUT2D eigenvalue weighted by Gasteiger charge is 2.30. The minimum Gasteiger partial charge on any atom is -0.482 e. The Morgan fingerprint density at radius 3 is 2.50 bits per heavy atom. The molecule has 10 heteroatoms. The van der Waals surface area contributed by atoms with Gasteiger partial charge in [0.2, 0.25) is 0 Å². The fourth-order valence-electron chi connectivity index (χ4n) is 1.46. The Morgan fingerprint density at radius 1 is 1.17 bits per heavy atom. The molecule has 0 aliphatic heterocycles. The standard InChI is InChI=1S/C14H15F3N2O5/c1-2-18-13(22)19-11(20)7-24-12(21)8-23-10-5-3-4-9(6-10)14(15,16)17/h3-6H,2,7-8H2,1H3,(H2,18,19,20,22). The van der Waals surface area contributed by atoms with Crippen LogP contribution in [-0.4, -0.2) is 37.7 Å². The van der Waals surface area contributed by atoms with Gasteiger partial charge in [0.05, 0.1) is 5.56 Å². The number of esters is 1. The van der Waals surface area contributed by atoms with E-state index in [1.165, 1.54) is 6.07 Å². The van der Waals surface area contributed by atoms with Crippen LogP contribution in [0.2, 0.25) is 0 Å². The summed E-state index contributed by atoms with van der Waals surface area (Å²) in [6, 6.07) is 3.22. The van der Waals surface area contributed by atoms with Gasteiger partial charge in [-0.3, -0.25) is 10.1 Å². The Labute approximate surface area is 135 Å². The van der Waals surface area contributed by atoms with Crippen LogP contribution in [0.15, 0.2) is 24.3 Å². The zero-order valence-corrected chi connectivity index (χ0v) is 12.6. The van der Waals surface area contributed by atoms with Gasteiger partial charge in [0.25, 0.3) is 5.91 Å². The number of hydrogen-bond acceptors (Lipinski definition) is 5. The predicted octanol–water partition coefficient (Wildman–Crippen LogP) is 1.47. The van der Waals surface area contributed by atoms with E-state index in [2.05, 4.69) is 10.1 Å². The predicted molar refractivity (Wildman–Crippen MR) is 75.1 cm³/mol. The molecule has 1 rings (SSSR count). The molecule has 132 valence electrons. The molecule has 1 aromatic rings. The van der Waals surface area contributed by atoms with Gasteiger partial charge in [-0.1, -0.05) is 6.07 Å². The third kappa shape index (κ3) is 6.99. The molecular weight excluding hydrogens is 333 g/mol. The van der Waals surface area contributed by atoms with Crippen LogP contribution in [0, 0.1) is 0 Å². The van der Waals surface area contributed by atoms with E-state index in [0.29, 0.717) is 6.54 Å². The molecule has 0 saturated carbocycles.